The number of fused-ring (bicyclic) bond motifs is 7. The van der Waals surface area contributed by atoms with Crippen LogP contribution in [0, 0.1) is 50.2 Å². The summed E-state index contributed by atoms with van der Waals surface area (Å²) in [6.07, 6.45) is 6.02. The normalized spacial score (nSPS) is 54.6. The fourth-order valence-corrected chi connectivity index (χ4v) is 11.1. The predicted molar refractivity (Wildman–Crippen MR) is 141 cm³/mol. The highest BCUT2D eigenvalue weighted by atomic mass is 16.5. The molecule has 0 amide bonds. The van der Waals surface area contributed by atoms with Gasteiger partial charge in [0.1, 0.15) is 0 Å². The summed E-state index contributed by atoms with van der Waals surface area (Å²) in [5.74, 6) is -0.0739. The maximum atomic E-state index is 13.4. The molecule has 6 nitrogen and oxygen atoms in total. The average Bonchev–Trinajstić information content (AvgIpc) is 2.82. The van der Waals surface area contributed by atoms with E-state index in [0.717, 1.165) is 38.5 Å². The van der Waals surface area contributed by atoms with Crippen LogP contribution in [-0.2, 0) is 9.53 Å². The molecular weight excluding hydrogens is 468 g/mol. The maximum Gasteiger partial charge on any atom is 0.312 e. The van der Waals surface area contributed by atoms with E-state index in [9.17, 15) is 25.2 Å². The minimum Gasteiger partial charge on any atom is -0.469 e. The van der Waals surface area contributed by atoms with Crippen molar-refractivity contribution in [2.45, 2.75) is 111 Å². The van der Waals surface area contributed by atoms with E-state index in [2.05, 4.69) is 40.7 Å². The molecule has 0 aromatic carbocycles. The van der Waals surface area contributed by atoms with E-state index >= 15 is 0 Å². The molecule has 5 aliphatic carbocycles. The summed E-state index contributed by atoms with van der Waals surface area (Å²) in [5.41, 5.74) is -0.810. The highest BCUT2D eigenvalue weighted by molar-refractivity contribution is 5.78. The van der Waals surface area contributed by atoms with Crippen LogP contribution >= 0.6 is 0 Å². The lowest BCUT2D eigenvalue weighted by molar-refractivity contribution is -0.273. The Balaban J connectivity index is 1.64. The zero-order chi connectivity index (χ0) is 27.4. The molecule has 0 aromatic heterocycles. The van der Waals surface area contributed by atoms with Gasteiger partial charge in [-0.25, -0.2) is 0 Å². The molecule has 4 fully saturated rings. The van der Waals surface area contributed by atoms with Crippen LogP contribution in [0.2, 0.25) is 0 Å². The number of hydrogen-bond donors (Lipinski definition) is 4. The molecule has 0 radical (unpaired) electrons. The molecule has 5 aliphatic rings. The van der Waals surface area contributed by atoms with Gasteiger partial charge in [-0.1, -0.05) is 53.2 Å². The molecule has 6 heteroatoms. The molecule has 11 unspecified atom stereocenters. The Labute approximate surface area is 222 Å². The topological polar surface area (TPSA) is 107 Å². The highest BCUT2D eigenvalue weighted by Crippen LogP contribution is 2.75. The lowest BCUT2D eigenvalue weighted by Gasteiger charge is -2.72. The number of carbonyl (C=O) groups excluding carboxylic acids is 1. The Morgan fingerprint density at radius 2 is 1.59 bits per heavy atom. The third-order valence-electron chi connectivity index (χ3n) is 13.2. The van der Waals surface area contributed by atoms with Gasteiger partial charge in [-0.15, -0.1) is 0 Å². The van der Waals surface area contributed by atoms with Gasteiger partial charge in [-0.05, 0) is 84.9 Å². The van der Waals surface area contributed by atoms with Crippen LogP contribution in [0.3, 0.4) is 0 Å². The van der Waals surface area contributed by atoms with E-state index in [1.165, 1.54) is 12.7 Å². The number of methoxy groups -OCH3 is 1. The second-order valence-electron chi connectivity index (χ2n) is 15.4. The second kappa shape index (κ2) is 8.28. The highest BCUT2D eigenvalue weighted by Gasteiger charge is 2.72. The van der Waals surface area contributed by atoms with Crippen molar-refractivity contribution in [3.05, 3.63) is 11.6 Å². The van der Waals surface area contributed by atoms with E-state index in [1.807, 2.05) is 6.92 Å². The largest absolute Gasteiger partial charge is 0.469 e. The quantitative estimate of drug-likeness (QED) is 0.322. The Hall–Kier alpha value is -0.950. The maximum absolute atomic E-state index is 13.4. The van der Waals surface area contributed by atoms with Gasteiger partial charge in [0, 0.05) is 11.3 Å². The number of allylic oxidation sites excluding steroid dienone is 2. The summed E-state index contributed by atoms with van der Waals surface area (Å²) >= 11 is 0. The molecule has 4 N–H and O–H groups in total. The van der Waals surface area contributed by atoms with Gasteiger partial charge in [-0.3, -0.25) is 4.79 Å². The number of rotatable bonds is 2. The van der Waals surface area contributed by atoms with Gasteiger partial charge in [-0.2, -0.15) is 0 Å². The van der Waals surface area contributed by atoms with Crippen LogP contribution in [0.25, 0.3) is 0 Å². The molecule has 0 heterocycles. The van der Waals surface area contributed by atoms with E-state index in [-0.39, 0.29) is 46.6 Å². The van der Waals surface area contributed by atoms with Gasteiger partial charge in [0.15, 0.2) is 0 Å². The van der Waals surface area contributed by atoms with Crippen molar-refractivity contribution in [3.8, 4) is 0 Å². The summed E-state index contributed by atoms with van der Waals surface area (Å²) in [4.78, 5) is 13.4. The van der Waals surface area contributed by atoms with Crippen LogP contribution in [0.5, 0.6) is 0 Å². The van der Waals surface area contributed by atoms with Crippen molar-refractivity contribution in [1.82, 2.24) is 0 Å². The van der Waals surface area contributed by atoms with Crippen molar-refractivity contribution in [1.29, 1.82) is 0 Å². The van der Waals surface area contributed by atoms with Crippen LogP contribution in [0.15, 0.2) is 11.6 Å². The van der Waals surface area contributed by atoms with Gasteiger partial charge in [0.2, 0.25) is 0 Å². The average molecular weight is 519 g/mol. The monoisotopic (exact) mass is 518 g/mol. The number of hydrogen-bond acceptors (Lipinski definition) is 6. The molecule has 0 bridgehead atoms. The van der Waals surface area contributed by atoms with Crippen LogP contribution in [0.1, 0.15) is 92.9 Å². The van der Waals surface area contributed by atoms with Gasteiger partial charge < -0.3 is 25.2 Å². The van der Waals surface area contributed by atoms with Gasteiger partial charge in [0.25, 0.3) is 0 Å². The first-order chi connectivity index (χ1) is 17.1. The fraction of sp³-hybridized carbons (Fsp3) is 0.903. The number of aliphatic hydroxyl groups excluding tert-OH is 4. The fourth-order valence-electron chi connectivity index (χ4n) is 11.1. The SMILES string of the molecule is COC(=O)C12CCC(C)(C)CC1C1=CCC3C4(C)CC(O)C(O)C(C)(CO)C4C(O)CC3(C)C1(C)CC2. The summed E-state index contributed by atoms with van der Waals surface area (Å²) in [6.45, 7) is 13.1. The standard InChI is InChI=1S/C31H50O6/c1-26(2)10-12-31(25(36)37-7)13-11-29(5)18(19(31)14-26)8-9-22-27(3)15-21(34)24(35)28(4,17-32)23(27)20(33)16-30(22,29)6/h8,19-24,32-35H,9-17H2,1-7H3. The molecule has 5 rings (SSSR count). The number of ether oxygens (including phenoxy) is 1. The second-order valence-corrected chi connectivity index (χ2v) is 15.4. The first kappa shape index (κ1) is 27.6. The van der Waals surface area contributed by atoms with E-state index in [4.69, 9.17) is 4.74 Å². The van der Waals surface area contributed by atoms with Crippen molar-refractivity contribution in [2.24, 2.45) is 50.2 Å². The van der Waals surface area contributed by atoms with E-state index in [1.54, 1.807) is 0 Å². The molecule has 4 saturated carbocycles. The molecule has 11 atom stereocenters. The van der Waals surface area contributed by atoms with Gasteiger partial charge >= 0.3 is 5.97 Å². The molecule has 210 valence electrons. The molecule has 0 aromatic rings. The first-order valence-corrected chi connectivity index (χ1v) is 14.5. The minimum absolute atomic E-state index is 0.0676. The van der Waals surface area contributed by atoms with Gasteiger partial charge in [0.05, 0.1) is 37.4 Å². The van der Waals surface area contributed by atoms with Crippen LogP contribution in [0.4, 0.5) is 0 Å². The Kier molecular flexibility index (Phi) is 6.18. The number of esters is 1. The third-order valence-corrected chi connectivity index (χ3v) is 13.2. The van der Waals surface area contributed by atoms with E-state index in [0.29, 0.717) is 12.8 Å². The summed E-state index contributed by atoms with van der Waals surface area (Å²) in [7, 11) is 1.52. The lowest BCUT2D eigenvalue weighted by Crippen LogP contribution is -2.71. The zero-order valence-electron chi connectivity index (χ0n) is 24.0. The Morgan fingerprint density at radius 1 is 0.946 bits per heavy atom. The summed E-state index contributed by atoms with van der Waals surface area (Å²) in [5, 5.41) is 44.3. The molecule has 0 spiro atoms. The smallest absolute Gasteiger partial charge is 0.312 e. The van der Waals surface area contributed by atoms with Crippen molar-refractivity contribution in [3.63, 3.8) is 0 Å². The Bertz CT molecular complexity index is 990. The summed E-state index contributed by atoms with van der Waals surface area (Å²) in [6, 6.07) is 0. The van der Waals surface area contributed by atoms with Crippen LogP contribution < -0.4 is 0 Å². The third kappa shape index (κ3) is 3.34. The Morgan fingerprint density at radius 3 is 2.22 bits per heavy atom. The lowest BCUT2D eigenvalue weighted by atomic mass is 9.33. The summed E-state index contributed by atoms with van der Waals surface area (Å²) < 4.78 is 5.44. The van der Waals surface area contributed by atoms with Crippen LogP contribution in [-0.4, -0.2) is 58.4 Å². The van der Waals surface area contributed by atoms with Crippen molar-refractivity contribution >= 4 is 5.97 Å². The van der Waals surface area contributed by atoms with Crippen molar-refractivity contribution < 1.29 is 30.0 Å². The molecular formula is C31H50O6. The van der Waals surface area contributed by atoms with Crippen molar-refractivity contribution in [2.75, 3.05) is 13.7 Å². The minimum atomic E-state index is -1.07. The molecule has 37 heavy (non-hydrogen) atoms. The molecule has 0 saturated heterocycles. The number of aliphatic hydroxyl groups is 4. The zero-order valence-corrected chi connectivity index (χ0v) is 24.0. The first-order valence-electron chi connectivity index (χ1n) is 14.5. The molecule has 0 aliphatic heterocycles. The number of carbonyl (C=O) groups is 1. The predicted octanol–water partition coefficient (Wildman–Crippen LogP) is 4.24. The van der Waals surface area contributed by atoms with E-state index < -0.39 is 34.6 Å².